The van der Waals surface area contributed by atoms with E-state index in [9.17, 15) is 0 Å². The third kappa shape index (κ3) is 3.77. The van der Waals surface area contributed by atoms with Crippen LogP contribution in [0.1, 0.15) is 18.7 Å². The maximum absolute atomic E-state index is 5.25. The van der Waals surface area contributed by atoms with Crippen LogP contribution in [0.15, 0.2) is 35.5 Å². The van der Waals surface area contributed by atoms with Crippen molar-refractivity contribution in [3.05, 3.63) is 36.8 Å². The molecule has 0 spiro atoms. The molecule has 0 saturated carbocycles. The average Bonchev–Trinajstić information content (AvgIpc) is 2.70. The maximum Gasteiger partial charge on any atom is 0.120 e. The number of nitrogens with one attached hydrogen (secondary N) is 1. The molecule has 1 atom stereocenters. The van der Waals surface area contributed by atoms with Gasteiger partial charge in [-0.25, -0.2) is 0 Å². The highest BCUT2D eigenvalue weighted by molar-refractivity contribution is 5.02. The first kappa shape index (κ1) is 11.0. The predicted octanol–water partition coefficient (Wildman–Crippen LogP) is 2.13. The molecule has 0 fully saturated rings. The van der Waals surface area contributed by atoms with Gasteiger partial charge in [-0.05, 0) is 19.1 Å². The lowest BCUT2D eigenvalue weighted by atomic mass is 10.2. The minimum atomic E-state index is 0.234. The molecule has 1 N–H and O–H groups in total. The van der Waals surface area contributed by atoms with Crippen molar-refractivity contribution in [3.63, 3.8) is 0 Å². The highest BCUT2D eigenvalue weighted by Crippen LogP contribution is 2.11. The van der Waals surface area contributed by atoms with Crippen molar-refractivity contribution in [2.24, 2.45) is 0 Å². The van der Waals surface area contributed by atoms with Crippen molar-refractivity contribution >= 4 is 0 Å². The summed E-state index contributed by atoms with van der Waals surface area (Å²) in [5.74, 6) is 0.953. The zero-order chi connectivity index (χ0) is 10.2. The highest BCUT2D eigenvalue weighted by Gasteiger charge is 2.05. The van der Waals surface area contributed by atoms with Crippen LogP contribution in [0.5, 0.6) is 0 Å². The summed E-state index contributed by atoms with van der Waals surface area (Å²) in [5.41, 5.74) is 0. The Morgan fingerprint density at radius 3 is 3.21 bits per heavy atom. The quantitative estimate of drug-likeness (QED) is 0.534. The fourth-order valence-electron chi connectivity index (χ4n) is 1.15. The van der Waals surface area contributed by atoms with E-state index in [2.05, 4.69) is 18.8 Å². The molecule has 0 bridgehead atoms. The summed E-state index contributed by atoms with van der Waals surface area (Å²) in [4.78, 5) is 0. The second kappa shape index (κ2) is 6.40. The molecular weight excluding hydrogens is 178 g/mol. The van der Waals surface area contributed by atoms with Gasteiger partial charge >= 0.3 is 0 Å². The summed E-state index contributed by atoms with van der Waals surface area (Å²) in [6, 6.07) is 4.08. The lowest BCUT2D eigenvalue weighted by Gasteiger charge is -2.10. The monoisotopic (exact) mass is 195 g/mol. The van der Waals surface area contributed by atoms with Crippen molar-refractivity contribution in [3.8, 4) is 0 Å². The Kier molecular flexibility index (Phi) is 5.04. The van der Waals surface area contributed by atoms with Gasteiger partial charge in [0, 0.05) is 6.54 Å². The van der Waals surface area contributed by atoms with Crippen LogP contribution < -0.4 is 5.32 Å². The summed E-state index contributed by atoms with van der Waals surface area (Å²) in [6.45, 7) is 7.75. The summed E-state index contributed by atoms with van der Waals surface area (Å²) < 4.78 is 10.5. The molecule has 0 aromatic carbocycles. The summed E-state index contributed by atoms with van der Waals surface area (Å²) >= 11 is 0. The second-order valence-electron chi connectivity index (χ2n) is 3.05. The third-order valence-electron chi connectivity index (χ3n) is 1.90. The normalized spacial score (nSPS) is 12.6. The average molecular weight is 195 g/mol. The van der Waals surface area contributed by atoms with E-state index in [0.717, 1.165) is 12.3 Å². The molecule has 14 heavy (non-hydrogen) atoms. The van der Waals surface area contributed by atoms with Crippen molar-refractivity contribution in [2.75, 3.05) is 19.8 Å². The molecule has 1 rings (SSSR count). The minimum Gasteiger partial charge on any atom is -0.468 e. The first-order chi connectivity index (χ1) is 6.84. The van der Waals surface area contributed by atoms with Gasteiger partial charge in [-0.1, -0.05) is 6.08 Å². The Morgan fingerprint density at radius 2 is 2.57 bits per heavy atom. The lowest BCUT2D eigenvalue weighted by Crippen LogP contribution is -2.22. The maximum atomic E-state index is 5.25. The van der Waals surface area contributed by atoms with Gasteiger partial charge in [0.1, 0.15) is 5.76 Å². The second-order valence-corrected chi connectivity index (χ2v) is 3.05. The van der Waals surface area contributed by atoms with Crippen LogP contribution in [0.4, 0.5) is 0 Å². The van der Waals surface area contributed by atoms with Crippen LogP contribution in [0.25, 0.3) is 0 Å². The molecule has 1 unspecified atom stereocenters. The summed E-state index contributed by atoms with van der Waals surface area (Å²) in [7, 11) is 0. The zero-order valence-corrected chi connectivity index (χ0v) is 8.53. The van der Waals surface area contributed by atoms with Gasteiger partial charge in [0.25, 0.3) is 0 Å². The Balaban J connectivity index is 2.10. The van der Waals surface area contributed by atoms with Gasteiger partial charge in [0.2, 0.25) is 0 Å². The van der Waals surface area contributed by atoms with E-state index in [1.54, 1.807) is 12.3 Å². The largest absolute Gasteiger partial charge is 0.468 e. The molecule has 0 saturated heterocycles. The Morgan fingerprint density at radius 1 is 1.71 bits per heavy atom. The van der Waals surface area contributed by atoms with Crippen LogP contribution in [-0.4, -0.2) is 19.8 Å². The Labute approximate surface area is 84.8 Å². The van der Waals surface area contributed by atoms with Gasteiger partial charge in [0.15, 0.2) is 0 Å². The number of hydrogen-bond donors (Lipinski definition) is 1. The predicted molar refractivity (Wildman–Crippen MR) is 56.1 cm³/mol. The molecule has 1 aromatic heterocycles. The van der Waals surface area contributed by atoms with Crippen LogP contribution in [0, 0.1) is 0 Å². The van der Waals surface area contributed by atoms with E-state index < -0.39 is 0 Å². The highest BCUT2D eigenvalue weighted by atomic mass is 16.5. The molecule has 3 heteroatoms. The van der Waals surface area contributed by atoms with E-state index >= 15 is 0 Å². The summed E-state index contributed by atoms with van der Waals surface area (Å²) in [6.07, 6.45) is 3.43. The first-order valence-corrected chi connectivity index (χ1v) is 4.80. The van der Waals surface area contributed by atoms with Gasteiger partial charge in [-0.3, -0.25) is 0 Å². The molecule has 0 amide bonds. The molecule has 78 valence electrons. The summed E-state index contributed by atoms with van der Waals surface area (Å²) in [5, 5.41) is 3.29. The SMILES string of the molecule is C=CCOCCNC(C)c1ccco1. The van der Waals surface area contributed by atoms with E-state index in [1.165, 1.54) is 0 Å². The van der Waals surface area contributed by atoms with Gasteiger partial charge in [0.05, 0.1) is 25.5 Å². The fourth-order valence-corrected chi connectivity index (χ4v) is 1.15. The number of hydrogen-bond acceptors (Lipinski definition) is 3. The van der Waals surface area contributed by atoms with Crippen molar-refractivity contribution in [2.45, 2.75) is 13.0 Å². The molecule has 0 radical (unpaired) electrons. The minimum absolute atomic E-state index is 0.234. The molecule has 0 aliphatic heterocycles. The zero-order valence-electron chi connectivity index (χ0n) is 8.53. The van der Waals surface area contributed by atoms with Crippen molar-refractivity contribution in [1.29, 1.82) is 0 Å². The van der Waals surface area contributed by atoms with Crippen LogP contribution in [0.3, 0.4) is 0 Å². The van der Waals surface area contributed by atoms with Gasteiger partial charge < -0.3 is 14.5 Å². The molecule has 1 heterocycles. The van der Waals surface area contributed by atoms with E-state index in [-0.39, 0.29) is 6.04 Å². The van der Waals surface area contributed by atoms with Crippen molar-refractivity contribution < 1.29 is 9.15 Å². The van der Waals surface area contributed by atoms with Crippen molar-refractivity contribution in [1.82, 2.24) is 5.32 Å². The van der Waals surface area contributed by atoms with Crippen LogP contribution >= 0.6 is 0 Å². The first-order valence-electron chi connectivity index (χ1n) is 4.80. The number of furan rings is 1. The smallest absolute Gasteiger partial charge is 0.120 e. The van der Waals surface area contributed by atoms with E-state index in [1.807, 2.05) is 12.1 Å². The molecule has 0 aliphatic carbocycles. The topological polar surface area (TPSA) is 34.4 Å². The molecule has 0 aliphatic rings. The lowest BCUT2D eigenvalue weighted by molar-refractivity contribution is 0.161. The van der Waals surface area contributed by atoms with Gasteiger partial charge in [-0.15, -0.1) is 6.58 Å². The van der Waals surface area contributed by atoms with Crippen LogP contribution in [0.2, 0.25) is 0 Å². The van der Waals surface area contributed by atoms with E-state index in [4.69, 9.17) is 9.15 Å². The number of rotatable bonds is 7. The molecular formula is C11H17NO2. The molecule has 1 aromatic rings. The Hall–Kier alpha value is -1.06. The Bertz CT molecular complexity index is 244. The standard InChI is InChI=1S/C11H17NO2/c1-3-7-13-9-6-12-10(2)11-5-4-8-14-11/h3-5,8,10,12H,1,6-7,9H2,2H3. The molecule has 3 nitrogen and oxygen atoms in total. The fraction of sp³-hybridized carbons (Fsp3) is 0.455. The third-order valence-corrected chi connectivity index (χ3v) is 1.90. The van der Waals surface area contributed by atoms with Crippen LogP contribution in [-0.2, 0) is 4.74 Å². The van der Waals surface area contributed by atoms with E-state index in [0.29, 0.717) is 13.2 Å². The number of ether oxygens (including phenoxy) is 1. The van der Waals surface area contributed by atoms with Gasteiger partial charge in [-0.2, -0.15) is 0 Å².